The second kappa shape index (κ2) is 7.54. The van der Waals surface area contributed by atoms with E-state index in [1.54, 1.807) is 54.2 Å². The van der Waals surface area contributed by atoms with Gasteiger partial charge in [0.15, 0.2) is 0 Å². The number of hydrogen-bond donors (Lipinski definition) is 2. The van der Waals surface area contributed by atoms with E-state index in [1.165, 1.54) is 0 Å². The number of nitrogens with zero attached hydrogens (tertiary/aromatic N) is 2. The van der Waals surface area contributed by atoms with Crippen molar-refractivity contribution in [3.8, 4) is 5.69 Å². The molecule has 1 aliphatic carbocycles. The Morgan fingerprint density at radius 1 is 1.14 bits per heavy atom. The van der Waals surface area contributed by atoms with E-state index >= 15 is 0 Å². The molecule has 148 valence electrons. The Morgan fingerprint density at radius 3 is 2.52 bits per heavy atom. The third kappa shape index (κ3) is 3.86. The molecule has 0 aliphatic heterocycles. The molecule has 0 radical (unpaired) electrons. The fraction of sp³-hybridized carbons (Fsp3) is 0.190. The summed E-state index contributed by atoms with van der Waals surface area (Å²) in [4.78, 5) is 24.4. The minimum absolute atomic E-state index is 0.254. The molecule has 2 amide bonds. The molecule has 1 heterocycles. The lowest BCUT2D eigenvalue weighted by atomic mass is 10.1. The summed E-state index contributed by atoms with van der Waals surface area (Å²) in [7, 11) is 0. The van der Waals surface area contributed by atoms with Crippen LogP contribution in [0.4, 0.5) is 5.69 Å². The number of amides is 2. The van der Waals surface area contributed by atoms with Crippen molar-refractivity contribution in [2.45, 2.75) is 25.7 Å². The smallest absolute Gasteiger partial charge is 0.259 e. The first-order valence-corrected chi connectivity index (χ1v) is 9.86. The van der Waals surface area contributed by atoms with Crippen molar-refractivity contribution in [3.05, 3.63) is 75.0 Å². The number of benzene rings is 2. The van der Waals surface area contributed by atoms with Gasteiger partial charge in [0.25, 0.3) is 5.91 Å². The van der Waals surface area contributed by atoms with Gasteiger partial charge in [0.05, 0.1) is 28.2 Å². The third-order valence-electron chi connectivity index (χ3n) is 4.90. The predicted molar refractivity (Wildman–Crippen MR) is 113 cm³/mol. The maximum Gasteiger partial charge on any atom is 0.259 e. The van der Waals surface area contributed by atoms with E-state index in [2.05, 4.69) is 10.4 Å². The number of primary amides is 1. The minimum Gasteiger partial charge on any atom is -0.366 e. The van der Waals surface area contributed by atoms with Crippen LogP contribution >= 0.6 is 23.2 Å². The van der Waals surface area contributed by atoms with Crippen molar-refractivity contribution < 1.29 is 9.59 Å². The highest BCUT2D eigenvalue weighted by Gasteiger charge is 2.33. The first-order chi connectivity index (χ1) is 13.8. The number of halogens is 2. The molecule has 4 rings (SSSR count). The van der Waals surface area contributed by atoms with Gasteiger partial charge in [0, 0.05) is 22.2 Å². The largest absolute Gasteiger partial charge is 0.366 e. The van der Waals surface area contributed by atoms with Gasteiger partial charge in [-0.25, -0.2) is 4.68 Å². The van der Waals surface area contributed by atoms with Crippen LogP contribution in [0, 0.1) is 6.92 Å². The van der Waals surface area contributed by atoms with Crippen LogP contribution in [0.1, 0.15) is 50.7 Å². The molecule has 3 aromatic rings. The molecule has 0 saturated heterocycles. The Kier molecular flexibility index (Phi) is 5.06. The first kappa shape index (κ1) is 19.5. The highest BCUT2D eigenvalue weighted by Crippen LogP contribution is 2.43. The Balaban J connectivity index is 1.67. The summed E-state index contributed by atoms with van der Waals surface area (Å²) in [6.07, 6.45) is 3.53. The number of carbonyl (C=O) groups excluding carboxylic acids is 2. The Labute approximate surface area is 177 Å². The Morgan fingerprint density at radius 2 is 1.90 bits per heavy atom. The summed E-state index contributed by atoms with van der Waals surface area (Å²) in [5.74, 6) is -0.518. The van der Waals surface area contributed by atoms with Crippen LogP contribution in [0.3, 0.4) is 0 Å². The summed E-state index contributed by atoms with van der Waals surface area (Å²) in [6, 6.07) is 10.2. The zero-order chi connectivity index (χ0) is 20.7. The van der Waals surface area contributed by atoms with Crippen LogP contribution in [0.2, 0.25) is 10.0 Å². The van der Waals surface area contributed by atoms with Crippen LogP contribution < -0.4 is 11.1 Å². The van der Waals surface area contributed by atoms with Crippen molar-refractivity contribution in [1.82, 2.24) is 9.78 Å². The molecule has 0 spiro atoms. The number of nitrogens with one attached hydrogen (secondary N) is 1. The lowest BCUT2D eigenvalue weighted by Crippen LogP contribution is -2.16. The molecule has 0 unspecified atom stereocenters. The standard InChI is InChI=1S/C21H18Cl2N4O2/c1-11-8-14(5-6-15(11)20(24)28)26-21(29)16-10-25-27(19(16)12-2-3-12)18-7-4-13(22)9-17(18)23/h4-10,12H,2-3H2,1H3,(H2,24,28)(H,26,29). The van der Waals surface area contributed by atoms with Gasteiger partial charge >= 0.3 is 0 Å². The normalized spacial score (nSPS) is 13.3. The highest BCUT2D eigenvalue weighted by molar-refractivity contribution is 6.35. The molecule has 1 saturated carbocycles. The van der Waals surface area contributed by atoms with Gasteiger partial charge in [-0.3, -0.25) is 9.59 Å². The molecule has 3 N–H and O–H groups in total. The molecule has 1 fully saturated rings. The maximum absolute atomic E-state index is 13.0. The Hall–Kier alpha value is -2.83. The molecule has 8 heteroatoms. The SMILES string of the molecule is Cc1cc(NC(=O)c2cnn(-c3ccc(Cl)cc3Cl)c2C2CC2)ccc1C(N)=O. The van der Waals surface area contributed by atoms with E-state index in [0.717, 1.165) is 18.5 Å². The van der Waals surface area contributed by atoms with Crippen molar-refractivity contribution in [3.63, 3.8) is 0 Å². The lowest BCUT2D eigenvalue weighted by molar-refractivity contribution is 0.0997. The van der Waals surface area contributed by atoms with Crippen LogP contribution in [0.25, 0.3) is 5.69 Å². The van der Waals surface area contributed by atoms with E-state index in [0.29, 0.717) is 38.1 Å². The molecule has 29 heavy (non-hydrogen) atoms. The molecule has 2 aromatic carbocycles. The number of aromatic nitrogens is 2. The molecular weight excluding hydrogens is 411 g/mol. The quantitative estimate of drug-likeness (QED) is 0.615. The fourth-order valence-electron chi connectivity index (χ4n) is 3.34. The summed E-state index contributed by atoms with van der Waals surface area (Å²) in [5.41, 5.74) is 9.04. The molecular formula is C21H18Cl2N4O2. The second-order valence-electron chi connectivity index (χ2n) is 7.07. The van der Waals surface area contributed by atoms with E-state index in [-0.39, 0.29) is 11.8 Å². The third-order valence-corrected chi connectivity index (χ3v) is 5.44. The number of hydrogen-bond acceptors (Lipinski definition) is 3. The zero-order valence-corrected chi connectivity index (χ0v) is 17.1. The van der Waals surface area contributed by atoms with Gasteiger partial charge in [-0.05, 0) is 61.7 Å². The second-order valence-corrected chi connectivity index (χ2v) is 7.92. The molecule has 6 nitrogen and oxygen atoms in total. The molecule has 0 atom stereocenters. The van der Waals surface area contributed by atoms with Crippen molar-refractivity contribution in [2.75, 3.05) is 5.32 Å². The number of nitrogens with two attached hydrogens (primary N) is 1. The van der Waals surface area contributed by atoms with Gasteiger partial charge in [0.2, 0.25) is 5.91 Å². The zero-order valence-electron chi connectivity index (χ0n) is 15.6. The predicted octanol–water partition coefficient (Wildman–Crippen LogP) is 4.72. The first-order valence-electron chi connectivity index (χ1n) is 9.10. The minimum atomic E-state index is -0.502. The summed E-state index contributed by atoms with van der Waals surface area (Å²) in [6.45, 7) is 1.77. The van der Waals surface area contributed by atoms with Gasteiger partial charge in [0.1, 0.15) is 0 Å². The number of rotatable bonds is 5. The van der Waals surface area contributed by atoms with Crippen molar-refractivity contribution in [2.24, 2.45) is 5.73 Å². The van der Waals surface area contributed by atoms with Gasteiger partial charge in [-0.2, -0.15) is 5.10 Å². The van der Waals surface area contributed by atoms with Crippen LogP contribution in [-0.2, 0) is 0 Å². The van der Waals surface area contributed by atoms with E-state index in [9.17, 15) is 9.59 Å². The number of aryl methyl sites for hydroxylation is 1. The van der Waals surface area contributed by atoms with E-state index in [4.69, 9.17) is 28.9 Å². The van der Waals surface area contributed by atoms with Crippen LogP contribution in [0.15, 0.2) is 42.6 Å². The van der Waals surface area contributed by atoms with E-state index in [1.807, 2.05) is 0 Å². The highest BCUT2D eigenvalue weighted by atomic mass is 35.5. The molecule has 1 aliphatic rings. The summed E-state index contributed by atoms with van der Waals surface area (Å²) in [5, 5.41) is 8.30. The van der Waals surface area contributed by atoms with Crippen molar-refractivity contribution in [1.29, 1.82) is 0 Å². The lowest BCUT2D eigenvalue weighted by Gasteiger charge is -2.12. The Bertz CT molecular complexity index is 1140. The summed E-state index contributed by atoms with van der Waals surface area (Å²) >= 11 is 12.4. The summed E-state index contributed by atoms with van der Waals surface area (Å²) < 4.78 is 1.71. The monoisotopic (exact) mass is 428 g/mol. The van der Waals surface area contributed by atoms with Gasteiger partial charge in [-0.1, -0.05) is 23.2 Å². The van der Waals surface area contributed by atoms with E-state index < -0.39 is 5.91 Å². The number of anilines is 1. The van der Waals surface area contributed by atoms with Crippen LogP contribution in [0.5, 0.6) is 0 Å². The van der Waals surface area contributed by atoms with Crippen molar-refractivity contribution >= 4 is 40.7 Å². The molecule has 1 aromatic heterocycles. The average Bonchev–Trinajstić information content (AvgIpc) is 3.40. The van der Waals surface area contributed by atoms with Gasteiger partial charge < -0.3 is 11.1 Å². The average molecular weight is 429 g/mol. The number of carbonyl (C=O) groups is 2. The van der Waals surface area contributed by atoms with Gasteiger partial charge in [-0.15, -0.1) is 0 Å². The molecule has 0 bridgehead atoms. The topological polar surface area (TPSA) is 90.0 Å². The fourth-order valence-corrected chi connectivity index (χ4v) is 3.83. The maximum atomic E-state index is 13.0. The van der Waals surface area contributed by atoms with Crippen LogP contribution in [-0.4, -0.2) is 21.6 Å².